The van der Waals surface area contributed by atoms with E-state index in [2.05, 4.69) is 13.8 Å². The first-order valence-electron chi connectivity index (χ1n) is 4.49. The molecular weight excluding hydrogens is 136 g/mol. The number of unbranched alkanes of at least 4 members (excludes halogenated alkanes) is 3. The van der Waals surface area contributed by atoms with Crippen LogP contribution in [0.4, 0.5) is 0 Å². The molecule has 0 spiro atoms. The summed E-state index contributed by atoms with van der Waals surface area (Å²) in [6.07, 6.45) is 6.39. The first kappa shape index (κ1) is 13.5. The van der Waals surface area contributed by atoms with Crippen molar-refractivity contribution in [3.05, 3.63) is 0 Å². The summed E-state index contributed by atoms with van der Waals surface area (Å²) in [7, 11) is 0. The minimum atomic E-state index is 0. The van der Waals surface area contributed by atoms with Gasteiger partial charge in [-0.2, -0.15) is 0 Å². The Kier molecular flexibility index (Phi) is 15.5. The van der Waals surface area contributed by atoms with E-state index in [0.29, 0.717) is 0 Å². The van der Waals surface area contributed by atoms with Gasteiger partial charge in [-0.25, -0.2) is 0 Å². The lowest BCUT2D eigenvalue weighted by Crippen LogP contribution is -1.94. The third-order valence-corrected chi connectivity index (χ3v) is 1.49. The van der Waals surface area contributed by atoms with Crippen molar-refractivity contribution in [1.29, 1.82) is 0 Å². The summed E-state index contributed by atoms with van der Waals surface area (Å²) in [6, 6.07) is 0. The Morgan fingerprint density at radius 3 is 2.09 bits per heavy atom. The minimum absolute atomic E-state index is 0. The second-order valence-electron chi connectivity index (χ2n) is 2.67. The molecule has 0 aromatic rings. The summed E-state index contributed by atoms with van der Waals surface area (Å²) in [4.78, 5) is 0. The van der Waals surface area contributed by atoms with Crippen LogP contribution in [-0.4, -0.2) is 13.2 Å². The van der Waals surface area contributed by atoms with Gasteiger partial charge in [0.2, 0.25) is 0 Å². The molecule has 0 aromatic heterocycles. The molecule has 0 radical (unpaired) electrons. The molecule has 1 nitrogen and oxygen atoms in total. The number of ether oxygens (including phenoxy) is 1. The minimum Gasteiger partial charge on any atom is -0.381 e. The predicted octanol–water partition coefficient (Wildman–Crippen LogP) is 3.63. The Hall–Kier alpha value is -0.0400. The summed E-state index contributed by atoms with van der Waals surface area (Å²) in [6.45, 7) is 6.28. The van der Waals surface area contributed by atoms with Crippen molar-refractivity contribution in [2.75, 3.05) is 13.2 Å². The quantitative estimate of drug-likeness (QED) is 0.517. The van der Waals surface area contributed by atoms with E-state index in [0.717, 1.165) is 19.6 Å². The summed E-state index contributed by atoms with van der Waals surface area (Å²) in [5.41, 5.74) is 0. The normalized spacial score (nSPS) is 9.27. The van der Waals surface area contributed by atoms with E-state index in [4.69, 9.17) is 4.74 Å². The summed E-state index contributed by atoms with van der Waals surface area (Å²) in [5, 5.41) is 0. The van der Waals surface area contributed by atoms with E-state index >= 15 is 0 Å². The van der Waals surface area contributed by atoms with Gasteiger partial charge in [-0.05, 0) is 12.8 Å². The standard InChI is InChI=1S/C9H20O.CH4/c1-3-5-6-7-9-10-8-4-2;/h3-9H2,1-2H3;1H4. The van der Waals surface area contributed by atoms with E-state index in [1.54, 1.807) is 0 Å². The molecule has 0 unspecified atom stereocenters. The van der Waals surface area contributed by atoms with E-state index < -0.39 is 0 Å². The van der Waals surface area contributed by atoms with Crippen LogP contribution in [-0.2, 0) is 4.74 Å². The SMILES string of the molecule is C.CCCCCCOCCC. The molecule has 0 amide bonds. The van der Waals surface area contributed by atoms with Crippen LogP contribution >= 0.6 is 0 Å². The third kappa shape index (κ3) is 13.0. The highest BCUT2D eigenvalue weighted by Gasteiger charge is 1.86. The fourth-order valence-corrected chi connectivity index (χ4v) is 0.877. The molecule has 0 aliphatic carbocycles. The van der Waals surface area contributed by atoms with Gasteiger partial charge in [0, 0.05) is 13.2 Å². The van der Waals surface area contributed by atoms with Crippen molar-refractivity contribution in [3.63, 3.8) is 0 Å². The van der Waals surface area contributed by atoms with Crippen molar-refractivity contribution < 1.29 is 4.74 Å². The van der Waals surface area contributed by atoms with Gasteiger partial charge in [-0.3, -0.25) is 0 Å². The molecule has 0 rings (SSSR count). The topological polar surface area (TPSA) is 9.23 Å². The summed E-state index contributed by atoms with van der Waals surface area (Å²) < 4.78 is 5.33. The fraction of sp³-hybridized carbons (Fsp3) is 1.00. The predicted molar refractivity (Wildman–Crippen MR) is 52.0 cm³/mol. The first-order chi connectivity index (χ1) is 4.91. The van der Waals surface area contributed by atoms with Gasteiger partial charge in [0.05, 0.1) is 0 Å². The highest BCUT2D eigenvalue weighted by molar-refractivity contribution is 4.38. The van der Waals surface area contributed by atoms with Crippen molar-refractivity contribution in [3.8, 4) is 0 Å². The molecule has 0 fully saturated rings. The van der Waals surface area contributed by atoms with Gasteiger partial charge in [-0.15, -0.1) is 0 Å². The Morgan fingerprint density at radius 1 is 0.818 bits per heavy atom. The molecule has 0 saturated heterocycles. The highest BCUT2D eigenvalue weighted by Crippen LogP contribution is 1.98. The molecule has 0 aliphatic heterocycles. The zero-order valence-corrected chi connectivity index (χ0v) is 7.36. The average Bonchev–Trinajstić information content (AvgIpc) is 1.97. The van der Waals surface area contributed by atoms with Gasteiger partial charge >= 0.3 is 0 Å². The highest BCUT2D eigenvalue weighted by atomic mass is 16.5. The molecule has 1 heteroatoms. The Morgan fingerprint density at radius 2 is 1.55 bits per heavy atom. The summed E-state index contributed by atoms with van der Waals surface area (Å²) in [5.74, 6) is 0. The second-order valence-corrected chi connectivity index (χ2v) is 2.67. The van der Waals surface area contributed by atoms with Crippen LogP contribution in [0.25, 0.3) is 0 Å². The summed E-state index contributed by atoms with van der Waals surface area (Å²) >= 11 is 0. The van der Waals surface area contributed by atoms with Gasteiger partial charge in [-0.1, -0.05) is 40.5 Å². The maximum Gasteiger partial charge on any atom is 0.0466 e. The fourth-order valence-electron chi connectivity index (χ4n) is 0.877. The van der Waals surface area contributed by atoms with Crippen molar-refractivity contribution in [2.24, 2.45) is 0 Å². The van der Waals surface area contributed by atoms with E-state index in [9.17, 15) is 0 Å². The molecule has 11 heavy (non-hydrogen) atoms. The molecule has 0 N–H and O–H groups in total. The van der Waals surface area contributed by atoms with Crippen LogP contribution in [0.1, 0.15) is 53.4 Å². The number of hydrogen-bond acceptors (Lipinski definition) is 1. The van der Waals surface area contributed by atoms with Crippen LogP contribution < -0.4 is 0 Å². The molecule has 0 heterocycles. The van der Waals surface area contributed by atoms with E-state index in [-0.39, 0.29) is 7.43 Å². The zero-order chi connectivity index (χ0) is 7.66. The van der Waals surface area contributed by atoms with Gasteiger partial charge in [0.25, 0.3) is 0 Å². The Labute approximate surface area is 72.1 Å². The van der Waals surface area contributed by atoms with Gasteiger partial charge < -0.3 is 4.74 Å². The lowest BCUT2D eigenvalue weighted by molar-refractivity contribution is 0.130. The van der Waals surface area contributed by atoms with Gasteiger partial charge in [0.15, 0.2) is 0 Å². The maximum absolute atomic E-state index is 5.33. The van der Waals surface area contributed by atoms with Crippen LogP contribution in [0.15, 0.2) is 0 Å². The molecular formula is C10H24O. The van der Waals surface area contributed by atoms with Crippen molar-refractivity contribution in [2.45, 2.75) is 53.4 Å². The second kappa shape index (κ2) is 12.6. The van der Waals surface area contributed by atoms with Crippen LogP contribution in [0.5, 0.6) is 0 Å². The number of hydrogen-bond donors (Lipinski definition) is 0. The van der Waals surface area contributed by atoms with Crippen LogP contribution in [0.2, 0.25) is 0 Å². The monoisotopic (exact) mass is 160 g/mol. The first-order valence-corrected chi connectivity index (χ1v) is 4.49. The van der Waals surface area contributed by atoms with Crippen LogP contribution in [0.3, 0.4) is 0 Å². The maximum atomic E-state index is 5.33. The molecule has 70 valence electrons. The third-order valence-electron chi connectivity index (χ3n) is 1.49. The van der Waals surface area contributed by atoms with Gasteiger partial charge in [0.1, 0.15) is 0 Å². The van der Waals surface area contributed by atoms with E-state index in [1.165, 1.54) is 25.7 Å². The molecule has 0 aliphatic rings. The average molecular weight is 160 g/mol. The lowest BCUT2D eigenvalue weighted by atomic mass is 10.2. The molecule has 0 atom stereocenters. The Bertz CT molecular complexity index is 44.8. The molecule has 0 saturated carbocycles. The Balaban J connectivity index is 0. The molecule has 0 bridgehead atoms. The van der Waals surface area contributed by atoms with E-state index in [1.807, 2.05) is 0 Å². The van der Waals surface area contributed by atoms with Crippen LogP contribution in [0, 0.1) is 0 Å². The van der Waals surface area contributed by atoms with Crippen molar-refractivity contribution >= 4 is 0 Å². The zero-order valence-electron chi connectivity index (χ0n) is 7.36. The smallest absolute Gasteiger partial charge is 0.0466 e. The molecule has 0 aromatic carbocycles. The largest absolute Gasteiger partial charge is 0.381 e. The lowest BCUT2D eigenvalue weighted by Gasteiger charge is -2.00. The number of rotatable bonds is 7. The van der Waals surface area contributed by atoms with Crippen molar-refractivity contribution in [1.82, 2.24) is 0 Å².